The van der Waals surface area contributed by atoms with Gasteiger partial charge < -0.3 is 30.3 Å². The lowest BCUT2D eigenvalue weighted by atomic mass is 9.89. The summed E-state index contributed by atoms with van der Waals surface area (Å²) in [5.41, 5.74) is 0. The van der Waals surface area contributed by atoms with Gasteiger partial charge in [-0.25, -0.2) is 0 Å². The van der Waals surface area contributed by atoms with Crippen molar-refractivity contribution >= 4 is 0 Å². The van der Waals surface area contributed by atoms with E-state index in [9.17, 15) is 20.4 Å². The van der Waals surface area contributed by atoms with E-state index in [2.05, 4.69) is 6.92 Å². The van der Waals surface area contributed by atoms with Gasteiger partial charge in [0.1, 0.15) is 24.4 Å². The molecule has 1 aliphatic rings. The van der Waals surface area contributed by atoms with Gasteiger partial charge in [-0.1, -0.05) is 51.9 Å². The second kappa shape index (κ2) is 9.80. The first kappa shape index (κ1) is 19.8. The van der Waals surface area contributed by atoms with Gasteiger partial charge in [-0.15, -0.1) is 0 Å². The fourth-order valence-electron chi connectivity index (χ4n) is 2.94. The molecule has 0 unspecified atom stereocenters. The third-order valence-corrected chi connectivity index (χ3v) is 4.44. The molecule has 0 aromatic rings. The molecular formula is C16H32O6. The van der Waals surface area contributed by atoms with Crippen LogP contribution >= 0.6 is 0 Å². The predicted molar refractivity (Wildman–Crippen MR) is 82.2 cm³/mol. The minimum absolute atomic E-state index is 0.170. The van der Waals surface area contributed by atoms with Crippen molar-refractivity contribution in [1.29, 1.82) is 0 Å². The quantitative estimate of drug-likeness (QED) is 0.379. The van der Waals surface area contributed by atoms with Crippen molar-refractivity contribution in [3.05, 3.63) is 0 Å². The maximum absolute atomic E-state index is 10.3. The molecule has 0 bridgehead atoms. The van der Waals surface area contributed by atoms with Gasteiger partial charge in [0.15, 0.2) is 5.79 Å². The highest BCUT2D eigenvalue weighted by atomic mass is 16.7. The zero-order chi connectivity index (χ0) is 16.6. The van der Waals surface area contributed by atoms with E-state index in [1.54, 1.807) is 0 Å². The molecule has 1 fully saturated rings. The maximum Gasteiger partial charge on any atom is 0.195 e. The Kier molecular flexibility index (Phi) is 8.82. The SMILES string of the molecule is CCCCCCCCCC[C@@]1(O)O[C@H](CO)[C@@H](O)[C@H](O)[C@H]1O. The van der Waals surface area contributed by atoms with E-state index in [4.69, 9.17) is 9.84 Å². The molecule has 132 valence electrons. The van der Waals surface area contributed by atoms with Crippen LogP contribution in [0.2, 0.25) is 0 Å². The van der Waals surface area contributed by atoms with Crippen LogP contribution in [0.5, 0.6) is 0 Å². The Bertz CT molecular complexity index is 298. The molecule has 0 aromatic heterocycles. The van der Waals surface area contributed by atoms with Crippen molar-refractivity contribution in [2.24, 2.45) is 0 Å². The molecule has 0 amide bonds. The predicted octanol–water partition coefficient (Wildman–Crippen LogP) is 0.680. The molecule has 0 aromatic carbocycles. The normalized spacial score (nSPS) is 35.7. The standard InChI is InChI=1S/C16H32O6/c1-2-3-4-5-6-7-8-9-10-16(21)15(20)14(19)13(18)12(11-17)22-16/h12-15,17-21H,2-11H2,1H3/t12-,13-,14+,15-,16-/m1/s1. The van der Waals surface area contributed by atoms with Gasteiger partial charge in [0.2, 0.25) is 0 Å². The Morgan fingerprint density at radius 3 is 1.95 bits per heavy atom. The van der Waals surface area contributed by atoms with Crippen molar-refractivity contribution in [2.75, 3.05) is 6.61 Å². The Balaban J connectivity index is 2.30. The Morgan fingerprint density at radius 2 is 1.41 bits per heavy atom. The number of unbranched alkanes of at least 4 members (excludes halogenated alkanes) is 7. The third kappa shape index (κ3) is 5.44. The Labute approximate surface area is 132 Å². The van der Waals surface area contributed by atoms with E-state index in [-0.39, 0.29) is 6.42 Å². The fourth-order valence-corrected chi connectivity index (χ4v) is 2.94. The lowest BCUT2D eigenvalue weighted by Crippen LogP contribution is -2.65. The molecule has 0 aliphatic carbocycles. The molecule has 0 radical (unpaired) electrons. The van der Waals surface area contributed by atoms with Crippen molar-refractivity contribution in [2.45, 2.75) is 94.9 Å². The van der Waals surface area contributed by atoms with E-state index in [1.165, 1.54) is 25.7 Å². The van der Waals surface area contributed by atoms with E-state index < -0.39 is 36.8 Å². The lowest BCUT2D eigenvalue weighted by Gasteiger charge is -2.45. The number of hydrogen-bond donors (Lipinski definition) is 5. The summed E-state index contributed by atoms with van der Waals surface area (Å²) in [5.74, 6) is -1.91. The summed E-state index contributed by atoms with van der Waals surface area (Å²) in [5, 5.41) is 48.8. The van der Waals surface area contributed by atoms with Crippen LogP contribution in [-0.2, 0) is 4.74 Å². The van der Waals surface area contributed by atoms with Crippen molar-refractivity contribution in [1.82, 2.24) is 0 Å². The van der Waals surface area contributed by atoms with Gasteiger partial charge in [-0.2, -0.15) is 0 Å². The van der Waals surface area contributed by atoms with E-state index >= 15 is 0 Å². The van der Waals surface area contributed by atoms with E-state index in [0.717, 1.165) is 19.3 Å². The average Bonchev–Trinajstić information content (AvgIpc) is 2.52. The van der Waals surface area contributed by atoms with Gasteiger partial charge in [0.25, 0.3) is 0 Å². The molecule has 5 N–H and O–H groups in total. The van der Waals surface area contributed by atoms with Crippen molar-refractivity contribution in [3.63, 3.8) is 0 Å². The summed E-state index contributed by atoms with van der Waals surface area (Å²) >= 11 is 0. The molecule has 6 nitrogen and oxygen atoms in total. The summed E-state index contributed by atoms with van der Waals surface area (Å²) in [7, 11) is 0. The maximum atomic E-state index is 10.3. The number of ether oxygens (including phenoxy) is 1. The smallest absolute Gasteiger partial charge is 0.195 e. The Morgan fingerprint density at radius 1 is 0.864 bits per heavy atom. The van der Waals surface area contributed by atoms with Crippen molar-refractivity contribution in [3.8, 4) is 0 Å². The summed E-state index contributed by atoms with van der Waals surface area (Å²) in [6.07, 6.45) is 3.33. The third-order valence-electron chi connectivity index (χ3n) is 4.44. The second-order valence-electron chi connectivity index (χ2n) is 6.33. The minimum Gasteiger partial charge on any atom is -0.394 e. The highest BCUT2D eigenvalue weighted by Gasteiger charge is 2.51. The van der Waals surface area contributed by atoms with Gasteiger partial charge in [0, 0.05) is 6.42 Å². The number of aliphatic hydroxyl groups excluding tert-OH is 4. The van der Waals surface area contributed by atoms with Crippen LogP contribution in [-0.4, -0.2) is 62.3 Å². The first-order chi connectivity index (χ1) is 10.5. The van der Waals surface area contributed by atoms with Crippen LogP contribution in [0.15, 0.2) is 0 Å². The van der Waals surface area contributed by atoms with Crippen LogP contribution in [0, 0.1) is 0 Å². The summed E-state index contributed by atoms with van der Waals surface area (Å²) < 4.78 is 5.22. The number of aliphatic hydroxyl groups is 5. The monoisotopic (exact) mass is 320 g/mol. The van der Waals surface area contributed by atoms with E-state index in [0.29, 0.717) is 6.42 Å². The molecule has 0 spiro atoms. The second-order valence-corrected chi connectivity index (χ2v) is 6.33. The van der Waals surface area contributed by atoms with E-state index in [1.807, 2.05) is 0 Å². The van der Waals surface area contributed by atoms with Gasteiger partial charge >= 0.3 is 0 Å². The first-order valence-corrected chi connectivity index (χ1v) is 8.51. The molecule has 1 aliphatic heterocycles. The number of rotatable bonds is 10. The molecule has 5 atom stereocenters. The largest absolute Gasteiger partial charge is 0.394 e. The number of hydrogen-bond acceptors (Lipinski definition) is 6. The van der Waals surface area contributed by atoms with Crippen LogP contribution < -0.4 is 0 Å². The molecule has 1 rings (SSSR count). The van der Waals surface area contributed by atoms with Crippen LogP contribution in [0.25, 0.3) is 0 Å². The first-order valence-electron chi connectivity index (χ1n) is 8.51. The molecule has 1 saturated heterocycles. The Hall–Kier alpha value is -0.240. The summed E-state index contributed by atoms with van der Waals surface area (Å²) in [4.78, 5) is 0. The van der Waals surface area contributed by atoms with Gasteiger partial charge in [0.05, 0.1) is 6.61 Å². The lowest BCUT2D eigenvalue weighted by molar-refractivity contribution is -0.351. The fraction of sp³-hybridized carbons (Fsp3) is 1.00. The molecule has 1 heterocycles. The molecule has 6 heteroatoms. The van der Waals surface area contributed by atoms with Gasteiger partial charge in [-0.05, 0) is 6.42 Å². The topological polar surface area (TPSA) is 110 Å². The van der Waals surface area contributed by atoms with Crippen LogP contribution in [0.4, 0.5) is 0 Å². The van der Waals surface area contributed by atoms with Crippen molar-refractivity contribution < 1.29 is 30.3 Å². The van der Waals surface area contributed by atoms with Crippen LogP contribution in [0.1, 0.15) is 64.7 Å². The highest BCUT2D eigenvalue weighted by molar-refractivity contribution is 4.95. The van der Waals surface area contributed by atoms with Gasteiger partial charge in [-0.3, -0.25) is 0 Å². The highest BCUT2D eigenvalue weighted by Crippen LogP contribution is 2.32. The van der Waals surface area contributed by atoms with Crippen LogP contribution in [0.3, 0.4) is 0 Å². The average molecular weight is 320 g/mol. The zero-order valence-electron chi connectivity index (χ0n) is 13.5. The summed E-state index contributed by atoms with van der Waals surface area (Å²) in [6, 6.07) is 0. The zero-order valence-corrected chi connectivity index (χ0v) is 13.5. The molecule has 0 saturated carbocycles. The molecular weight excluding hydrogens is 288 g/mol. The minimum atomic E-state index is -1.91. The summed E-state index contributed by atoms with van der Waals surface area (Å²) in [6.45, 7) is 1.66. The molecule has 22 heavy (non-hydrogen) atoms.